The Kier molecular flexibility index (Phi) is 9.71. The summed E-state index contributed by atoms with van der Waals surface area (Å²) >= 11 is 0. The maximum atomic E-state index is 3.65. The molecule has 0 radical (unpaired) electrons. The number of nitrogens with zero attached hydrogens (tertiary/aromatic N) is 1. The van der Waals surface area contributed by atoms with Crippen LogP contribution in [-0.4, -0.2) is 37.6 Å². The highest BCUT2D eigenvalue weighted by atomic mass is 15.1. The normalized spacial score (nSPS) is 14.4. The van der Waals surface area contributed by atoms with Gasteiger partial charge in [-0.15, -0.1) is 0 Å². The van der Waals surface area contributed by atoms with E-state index in [1.165, 1.54) is 38.9 Å². The minimum atomic E-state index is 0.362. The first-order valence-corrected chi connectivity index (χ1v) is 10.4. The number of hydrogen-bond acceptors (Lipinski definition) is 2. The Hall–Kier alpha value is -0.0800. The first-order valence-electron chi connectivity index (χ1n) is 10.4. The molecule has 0 heterocycles. The molecule has 2 nitrogen and oxygen atoms in total. The molecule has 0 amide bonds. The summed E-state index contributed by atoms with van der Waals surface area (Å²) in [6.45, 7) is 31.8. The lowest BCUT2D eigenvalue weighted by Gasteiger charge is -2.36. The van der Waals surface area contributed by atoms with Crippen molar-refractivity contribution in [3.8, 4) is 0 Å². The van der Waals surface area contributed by atoms with E-state index >= 15 is 0 Å². The molecule has 0 rings (SSSR count). The van der Waals surface area contributed by atoms with E-state index in [1.807, 2.05) is 0 Å². The average Bonchev–Trinajstić information content (AvgIpc) is 2.35. The Bertz CT molecular complexity index is 332. The molecule has 0 aliphatic rings. The van der Waals surface area contributed by atoms with Crippen LogP contribution in [-0.2, 0) is 0 Å². The molecule has 1 N–H and O–H groups in total. The van der Waals surface area contributed by atoms with Crippen molar-refractivity contribution in [2.24, 2.45) is 21.7 Å². The zero-order valence-corrected chi connectivity index (χ0v) is 19.6. The fourth-order valence-electron chi connectivity index (χ4n) is 2.83. The second-order valence-electron chi connectivity index (χ2n) is 12.5. The molecule has 0 aliphatic heterocycles. The van der Waals surface area contributed by atoms with E-state index < -0.39 is 0 Å². The molecule has 152 valence electrons. The van der Waals surface area contributed by atoms with E-state index in [2.05, 4.69) is 86.4 Å². The van der Waals surface area contributed by atoms with Crippen LogP contribution in [0.25, 0.3) is 0 Å². The topological polar surface area (TPSA) is 15.3 Å². The molecule has 0 unspecified atom stereocenters. The Morgan fingerprint density at radius 3 is 1.40 bits per heavy atom. The third kappa shape index (κ3) is 17.1. The first-order chi connectivity index (χ1) is 11.0. The van der Waals surface area contributed by atoms with Gasteiger partial charge in [0.15, 0.2) is 0 Å². The van der Waals surface area contributed by atoms with Gasteiger partial charge in [-0.3, -0.25) is 0 Å². The van der Waals surface area contributed by atoms with Crippen molar-refractivity contribution >= 4 is 0 Å². The molecule has 0 aromatic rings. The standard InChI is InChI=1S/C23H50N2/c1-20(2,3)13-16-25(17-14-21(4,5)6)19-23(10,11)12-15-24-18-22(7,8)9/h24H,12-19H2,1-11H3. The van der Waals surface area contributed by atoms with E-state index in [0.717, 1.165) is 13.1 Å². The highest BCUT2D eigenvalue weighted by Crippen LogP contribution is 2.26. The van der Waals surface area contributed by atoms with E-state index in [0.29, 0.717) is 21.7 Å². The summed E-state index contributed by atoms with van der Waals surface area (Å²) in [5.74, 6) is 0. The van der Waals surface area contributed by atoms with Crippen molar-refractivity contribution in [2.75, 3.05) is 32.7 Å². The Morgan fingerprint density at radius 2 is 1.04 bits per heavy atom. The van der Waals surface area contributed by atoms with E-state index in [1.54, 1.807) is 0 Å². The predicted molar refractivity (Wildman–Crippen MR) is 115 cm³/mol. The highest BCUT2D eigenvalue weighted by Gasteiger charge is 2.24. The average molecular weight is 355 g/mol. The van der Waals surface area contributed by atoms with Gasteiger partial charge in [-0.25, -0.2) is 0 Å². The zero-order valence-electron chi connectivity index (χ0n) is 19.6. The molecule has 25 heavy (non-hydrogen) atoms. The van der Waals surface area contributed by atoms with Gasteiger partial charge in [0.2, 0.25) is 0 Å². The third-order valence-electron chi connectivity index (χ3n) is 4.64. The molecule has 0 fully saturated rings. The van der Waals surface area contributed by atoms with Crippen LogP contribution in [0.2, 0.25) is 0 Å². The second-order valence-corrected chi connectivity index (χ2v) is 12.5. The van der Waals surface area contributed by atoms with Crippen LogP contribution in [0.3, 0.4) is 0 Å². The van der Waals surface area contributed by atoms with Crippen molar-refractivity contribution in [1.29, 1.82) is 0 Å². The maximum Gasteiger partial charge on any atom is 0.00332 e. The molecule has 0 saturated heterocycles. The maximum absolute atomic E-state index is 3.65. The fourth-order valence-corrected chi connectivity index (χ4v) is 2.83. The van der Waals surface area contributed by atoms with Crippen LogP contribution in [0, 0.1) is 21.7 Å². The van der Waals surface area contributed by atoms with Crippen molar-refractivity contribution in [3.05, 3.63) is 0 Å². The first kappa shape index (κ1) is 24.9. The fraction of sp³-hybridized carbons (Fsp3) is 1.00. The summed E-state index contributed by atoms with van der Waals surface area (Å²) in [6.07, 6.45) is 3.79. The minimum absolute atomic E-state index is 0.362. The lowest BCUT2D eigenvalue weighted by Crippen LogP contribution is -2.39. The monoisotopic (exact) mass is 354 g/mol. The van der Waals surface area contributed by atoms with Gasteiger partial charge in [0.25, 0.3) is 0 Å². The van der Waals surface area contributed by atoms with Gasteiger partial charge < -0.3 is 10.2 Å². The highest BCUT2D eigenvalue weighted by molar-refractivity contribution is 4.78. The van der Waals surface area contributed by atoms with Crippen LogP contribution >= 0.6 is 0 Å². The van der Waals surface area contributed by atoms with E-state index in [4.69, 9.17) is 0 Å². The molecule has 0 bridgehead atoms. The van der Waals surface area contributed by atoms with Gasteiger partial charge in [0.1, 0.15) is 0 Å². The summed E-state index contributed by atoms with van der Waals surface area (Å²) < 4.78 is 0. The van der Waals surface area contributed by atoms with Gasteiger partial charge >= 0.3 is 0 Å². The van der Waals surface area contributed by atoms with Crippen molar-refractivity contribution in [3.63, 3.8) is 0 Å². The summed E-state index contributed by atoms with van der Waals surface area (Å²) in [5.41, 5.74) is 1.56. The molecule has 0 aliphatic carbocycles. The molecule has 2 heteroatoms. The van der Waals surface area contributed by atoms with Crippen LogP contribution in [0.5, 0.6) is 0 Å². The lowest BCUT2D eigenvalue weighted by molar-refractivity contribution is 0.135. The lowest BCUT2D eigenvalue weighted by atomic mass is 9.86. The van der Waals surface area contributed by atoms with Crippen molar-refractivity contribution < 1.29 is 0 Å². The Labute approximate surface area is 160 Å². The summed E-state index contributed by atoms with van der Waals surface area (Å²) in [5, 5.41) is 3.65. The van der Waals surface area contributed by atoms with Crippen LogP contribution < -0.4 is 5.32 Å². The largest absolute Gasteiger partial charge is 0.316 e. The van der Waals surface area contributed by atoms with Crippen LogP contribution in [0.1, 0.15) is 95.4 Å². The van der Waals surface area contributed by atoms with Gasteiger partial charge in [0, 0.05) is 6.54 Å². The van der Waals surface area contributed by atoms with Gasteiger partial charge in [0.05, 0.1) is 0 Å². The number of rotatable bonds is 10. The molecule has 0 spiro atoms. The SMILES string of the molecule is CC(C)(C)CCN(CCC(C)(C)C)CC(C)(C)CCNCC(C)(C)C. The van der Waals surface area contributed by atoms with Gasteiger partial charge in [-0.1, -0.05) is 76.2 Å². The molecule has 0 aromatic carbocycles. The Balaban J connectivity index is 4.55. The predicted octanol–water partition coefficient (Wildman–Crippen LogP) is 6.21. The quantitative estimate of drug-likeness (QED) is 0.469. The van der Waals surface area contributed by atoms with Crippen LogP contribution in [0.4, 0.5) is 0 Å². The van der Waals surface area contributed by atoms with Crippen molar-refractivity contribution in [1.82, 2.24) is 10.2 Å². The van der Waals surface area contributed by atoms with Crippen molar-refractivity contribution in [2.45, 2.75) is 95.4 Å². The molecule has 0 aromatic heterocycles. The molecule has 0 saturated carbocycles. The molecular weight excluding hydrogens is 304 g/mol. The summed E-state index contributed by atoms with van der Waals surface area (Å²) in [4.78, 5) is 2.72. The minimum Gasteiger partial charge on any atom is -0.316 e. The Morgan fingerprint density at radius 1 is 0.600 bits per heavy atom. The van der Waals surface area contributed by atoms with E-state index in [9.17, 15) is 0 Å². The third-order valence-corrected chi connectivity index (χ3v) is 4.64. The van der Waals surface area contributed by atoms with Crippen LogP contribution in [0.15, 0.2) is 0 Å². The number of nitrogens with one attached hydrogen (secondary N) is 1. The summed E-state index contributed by atoms with van der Waals surface area (Å²) in [7, 11) is 0. The van der Waals surface area contributed by atoms with Gasteiger partial charge in [-0.05, 0) is 67.1 Å². The van der Waals surface area contributed by atoms with Gasteiger partial charge in [-0.2, -0.15) is 0 Å². The number of hydrogen-bond donors (Lipinski definition) is 1. The molecular formula is C23H50N2. The molecule has 0 atom stereocenters. The summed E-state index contributed by atoms with van der Waals surface area (Å²) in [6, 6.07) is 0. The van der Waals surface area contributed by atoms with E-state index in [-0.39, 0.29) is 0 Å². The second kappa shape index (κ2) is 9.74. The smallest absolute Gasteiger partial charge is 0.00332 e. The zero-order chi connectivity index (χ0) is 19.9.